The van der Waals surface area contributed by atoms with E-state index in [1.807, 2.05) is 0 Å². The number of aryl methyl sites for hydroxylation is 4. The molecule has 14 rings (SSSR count). The van der Waals surface area contributed by atoms with E-state index in [0.29, 0.717) is 0 Å². The van der Waals surface area contributed by atoms with Crippen LogP contribution in [0.5, 0.6) is 0 Å². The first-order valence-corrected chi connectivity index (χ1v) is 23.2. The first kappa shape index (κ1) is 37.2. The van der Waals surface area contributed by atoms with Gasteiger partial charge in [0.25, 0.3) is 0 Å². The van der Waals surface area contributed by atoms with E-state index in [9.17, 15) is 0 Å². The Morgan fingerprint density at radius 1 is 0.242 bits per heavy atom. The van der Waals surface area contributed by atoms with Crippen LogP contribution in [-0.2, 0) is 0 Å². The molecule has 0 radical (unpaired) electrons. The molecule has 0 atom stereocenters. The lowest BCUT2D eigenvalue weighted by Crippen LogP contribution is -1.90. The summed E-state index contributed by atoms with van der Waals surface area (Å²) in [6.45, 7) is 8.95. The molecule has 10 aromatic carbocycles. The first-order valence-electron chi connectivity index (χ1n) is 23.2. The standard InChI is InChI=1S/C64H44N2/c1-37-12-5-6-13-48(37)49-29-22-41(32-40(49)4)42-25-30-60-56(35-42)54-18-10-19-55-62-50(15-11-21-61(62)66(60)64(54)55)44-24-28-46(39(3)34-44)43-23-27-47(38(2)33-43)45-26-31-59-57(36-45)53-17-9-16-52-51-14-7-8-20-58(51)65(59)63(52)53/h5-36H,1-4H3. The van der Waals surface area contributed by atoms with E-state index in [0.717, 1.165) is 0 Å². The van der Waals surface area contributed by atoms with Crippen molar-refractivity contribution in [2.45, 2.75) is 27.7 Å². The minimum atomic E-state index is 1.24. The zero-order valence-electron chi connectivity index (χ0n) is 37.4. The molecule has 0 bridgehead atoms. The summed E-state index contributed by atoms with van der Waals surface area (Å²) in [5.74, 6) is 0. The van der Waals surface area contributed by atoms with Crippen molar-refractivity contribution in [1.82, 2.24) is 8.80 Å². The average Bonchev–Trinajstić information content (AvgIpc) is 4.08. The third-order valence-corrected chi connectivity index (χ3v) is 14.9. The number of para-hydroxylation sites is 3. The van der Waals surface area contributed by atoms with Gasteiger partial charge >= 0.3 is 0 Å². The Balaban J connectivity index is 0.817. The maximum absolute atomic E-state index is 2.50. The molecule has 0 amide bonds. The van der Waals surface area contributed by atoms with Crippen LogP contribution in [0.2, 0.25) is 0 Å². The Morgan fingerprint density at radius 2 is 0.652 bits per heavy atom. The van der Waals surface area contributed by atoms with Gasteiger partial charge in [-0.1, -0.05) is 158 Å². The molecule has 0 saturated heterocycles. The van der Waals surface area contributed by atoms with Gasteiger partial charge in [-0.2, -0.15) is 0 Å². The van der Waals surface area contributed by atoms with E-state index in [2.05, 4.69) is 231 Å². The maximum atomic E-state index is 2.50. The molecule has 310 valence electrons. The summed E-state index contributed by atoms with van der Waals surface area (Å²) in [6.07, 6.45) is 0. The van der Waals surface area contributed by atoms with Crippen molar-refractivity contribution in [3.8, 4) is 55.6 Å². The van der Waals surface area contributed by atoms with Crippen LogP contribution in [0.25, 0.3) is 132 Å². The van der Waals surface area contributed by atoms with Crippen molar-refractivity contribution in [2.24, 2.45) is 0 Å². The summed E-state index contributed by atoms with van der Waals surface area (Å²) in [6, 6.07) is 72.9. The molecular weight excluding hydrogens is 797 g/mol. The minimum absolute atomic E-state index is 1.24. The van der Waals surface area contributed by atoms with Crippen molar-refractivity contribution in [3.05, 3.63) is 216 Å². The van der Waals surface area contributed by atoms with Gasteiger partial charge in [0.1, 0.15) is 0 Å². The van der Waals surface area contributed by atoms with Gasteiger partial charge in [-0.25, -0.2) is 0 Å². The summed E-state index contributed by atoms with van der Waals surface area (Å²) in [7, 11) is 0. The lowest BCUT2D eigenvalue weighted by molar-refractivity contribution is 1.37. The van der Waals surface area contributed by atoms with E-state index in [4.69, 9.17) is 0 Å². The monoisotopic (exact) mass is 840 g/mol. The fourth-order valence-electron chi connectivity index (χ4n) is 11.9. The molecular formula is C64H44N2. The predicted molar refractivity (Wildman–Crippen MR) is 282 cm³/mol. The molecule has 2 nitrogen and oxygen atoms in total. The van der Waals surface area contributed by atoms with E-state index < -0.39 is 0 Å². The van der Waals surface area contributed by atoms with Crippen LogP contribution in [0.1, 0.15) is 22.3 Å². The second kappa shape index (κ2) is 13.7. The number of hydrogen-bond acceptors (Lipinski definition) is 0. The van der Waals surface area contributed by atoms with Gasteiger partial charge in [0.05, 0.1) is 33.1 Å². The largest absolute Gasteiger partial charge is 0.308 e. The van der Waals surface area contributed by atoms with E-state index in [1.165, 1.54) is 154 Å². The second-order valence-electron chi connectivity index (χ2n) is 18.7. The molecule has 0 saturated carbocycles. The second-order valence-corrected chi connectivity index (χ2v) is 18.7. The SMILES string of the molecule is Cc1cc(-c2ccc(-c3cccc4c3c3cccc5c6cc(-c7ccc(-c8ccccc8C)c(C)c7)ccc6n4c53)cc2C)ccc1-c1ccc2c(c1)c1cccc3c4ccccc4n2c31. The number of fused-ring (bicyclic) bond motifs is 12. The molecule has 0 N–H and O–H groups in total. The zero-order chi connectivity index (χ0) is 43.9. The van der Waals surface area contributed by atoms with Crippen LogP contribution in [-0.4, -0.2) is 8.80 Å². The molecule has 0 spiro atoms. The van der Waals surface area contributed by atoms with E-state index in [1.54, 1.807) is 0 Å². The van der Waals surface area contributed by atoms with Gasteiger partial charge in [0.2, 0.25) is 0 Å². The van der Waals surface area contributed by atoms with Crippen LogP contribution >= 0.6 is 0 Å². The van der Waals surface area contributed by atoms with Gasteiger partial charge in [-0.3, -0.25) is 0 Å². The molecule has 0 aliphatic heterocycles. The highest BCUT2D eigenvalue weighted by molar-refractivity contribution is 6.26. The van der Waals surface area contributed by atoms with Gasteiger partial charge in [0.15, 0.2) is 0 Å². The number of hydrogen-bond donors (Lipinski definition) is 0. The maximum Gasteiger partial charge on any atom is 0.0620 e. The lowest BCUT2D eigenvalue weighted by Gasteiger charge is -2.13. The molecule has 0 unspecified atom stereocenters. The summed E-state index contributed by atoms with van der Waals surface area (Å²) < 4.78 is 4.95. The summed E-state index contributed by atoms with van der Waals surface area (Å²) >= 11 is 0. The highest BCUT2D eigenvalue weighted by atomic mass is 14.9. The van der Waals surface area contributed by atoms with Crippen LogP contribution in [0, 0.1) is 27.7 Å². The molecule has 0 fully saturated rings. The molecule has 0 aliphatic rings. The normalized spacial score (nSPS) is 12.2. The number of benzene rings is 10. The van der Waals surface area contributed by atoms with Crippen molar-refractivity contribution < 1.29 is 0 Å². The Morgan fingerprint density at radius 3 is 1.36 bits per heavy atom. The summed E-state index contributed by atoms with van der Waals surface area (Å²) in [5, 5.41) is 10.5. The van der Waals surface area contributed by atoms with Crippen molar-refractivity contribution in [1.29, 1.82) is 0 Å². The predicted octanol–water partition coefficient (Wildman–Crippen LogP) is 17.6. The minimum Gasteiger partial charge on any atom is -0.308 e. The molecule has 66 heavy (non-hydrogen) atoms. The Hall–Kier alpha value is -8.20. The zero-order valence-corrected chi connectivity index (χ0v) is 37.4. The molecule has 2 heteroatoms. The van der Waals surface area contributed by atoms with Crippen molar-refractivity contribution in [3.63, 3.8) is 0 Å². The first-order chi connectivity index (χ1) is 32.4. The highest BCUT2D eigenvalue weighted by Crippen LogP contribution is 2.45. The highest BCUT2D eigenvalue weighted by Gasteiger charge is 2.22. The van der Waals surface area contributed by atoms with Crippen LogP contribution in [0.4, 0.5) is 0 Å². The molecule has 4 aromatic heterocycles. The molecule has 4 heterocycles. The van der Waals surface area contributed by atoms with Gasteiger partial charge < -0.3 is 8.80 Å². The fourth-order valence-corrected chi connectivity index (χ4v) is 11.9. The van der Waals surface area contributed by atoms with E-state index >= 15 is 0 Å². The third kappa shape index (κ3) is 5.13. The Kier molecular flexibility index (Phi) is 7.70. The molecule has 0 aliphatic carbocycles. The Bertz CT molecular complexity index is 4330. The number of rotatable bonds is 5. The smallest absolute Gasteiger partial charge is 0.0620 e. The average molecular weight is 841 g/mol. The summed E-state index contributed by atoms with van der Waals surface area (Å²) in [5.41, 5.74) is 25.4. The molecule has 14 aromatic rings. The van der Waals surface area contributed by atoms with Crippen LogP contribution in [0.15, 0.2) is 194 Å². The quantitative estimate of drug-likeness (QED) is 0.163. The van der Waals surface area contributed by atoms with Gasteiger partial charge in [-0.15, -0.1) is 0 Å². The van der Waals surface area contributed by atoms with Crippen LogP contribution < -0.4 is 0 Å². The van der Waals surface area contributed by atoms with E-state index in [-0.39, 0.29) is 0 Å². The summed E-state index contributed by atoms with van der Waals surface area (Å²) in [4.78, 5) is 0. The topological polar surface area (TPSA) is 8.82 Å². The number of nitrogens with zero attached hydrogens (tertiary/aromatic N) is 2. The fraction of sp³-hybridized carbons (Fsp3) is 0.0625. The number of aromatic nitrogens is 2. The lowest BCUT2D eigenvalue weighted by atomic mass is 9.91. The van der Waals surface area contributed by atoms with Gasteiger partial charge in [0, 0.05) is 43.1 Å². The van der Waals surface area contributed by atoms with Crippen molar-refractivity contribution >= 4 is 76.2 Å². The van der Waals surface area contributed by atoms with Crippen molar-refractivity contribution in [2.75, 3.05) is 0 Å². The Labute approximate surface area is 382 Å². The van der Waals surface area contributed by atoms with Crippen LogP contribution in [0.3, 0.4) is 0 Å². The van der Waals surface area contributed by atoms with Gasteiger partial charge in [-0.05, 0) is 142 Å². The third-order valence-electron chi connectivity index (χ3n) is 14.9.